The van der Waals surface area contributed by atoms with Crippen LogP contribution in [0.3, 0.4) is 0 Å². The lowest BCUT2D eigenvalue weighted by atomic mass is 9.96. The highest BCUT2D eigenvalue weighted by atomic mass is 16.6. The summed E-state index contributed by atoms with van der Waals surface area (Å²) in [5.41, 5.74) is 6.86. The maximum atomic E-state index is 13.2. The van der Waals surface area contributed by atoms with E-state index in [9.17, 15) is 15.0 Å². The van der Waals surface area contributed by atoms with Crippen LogP contribution in [0, 0.1) is 19.8 Å². The lowest BCUT2D eigenvalue weighted by Gasteiger charge is -2.33. The summed E-state index contributed by atoms with van der Waals surface area (Å²) in [4.78, 5) is 22.3. The van der Waals surface area contributed by atoms with Crippen LogP contribution in [0.15, 0.2) is 48.5 Å². The molecule has 0 radical (unpaired) electrons. The molecular formula is C32H37N3O5. The van der Waals surface area contributed by atoms with Crippen LogP contribution in [0.1, 0.15) is 59.7 Å². The van der Waals surface area contributed by atoms with Gasteiger partial charge in [0.2, 0.25) is 0 Å². The van der Waals surface area contributed by atoms with Gasteiger partial charge in [-0.3, -0.25) is 4.90 Å². The fourth-order valence-corrected chi connectivity index (χ4v) is 6.17. The number of aliphatic hydroxyl groups is 2. The van der Waals surface area contributed by atoms with Crippen molar-refractivity contribution in [1.29, 1.82) is 0 Å². The van der Waals surface area contributed by atoms with Crippen molar-refractivity contribution in [3.8, 4) is 16.9 Å². The third-order valence-corrected chi connectivity index (χ3v) is 8.59. The van der Waals surface area contributed by atoms with Gasteiger partial charge in [-0.05, 0) is 74.9 Å². The Morgan fingerprint density at radius 3 is 2.40 bits per heavy atom. The number of anilines is 1. The zero-order valence-corrected chi connectivity index (χ0v) is 23.5. The van der Waals surface area contributed by atoms with Gasteiger partial charge in [-0.25, -0.2) is 9.78 Å². The third-order valence-electron chi connectivity index (χ3n) is 8.59. The van der Waals surface area contributed by atoms with Gasteiger partial charge in [-0.1, -0.05) is 35.4 Å². The van der Waals surface area contributed by atoms with Crippen molar-refractivity contribution in [2.75, 3.05) is 25.1 Å². The minimum Gasteiger partial charge on any atom is -0.496 e. The second-order valence-corrected chi connectivity index (χ2v) is 11.5. The van der Waals surface area contributed by atoms with Crippen LogP contribution in [0.5, 0.6) is 5.75 Å². The Morgan fingerprint density at radius 2 is 1.77 bits per heavy atom. The Labute approximate surface area is 235 Å². The highest BCUT2D eigenvalue weighted by Crippen LogP contribution is 2.50. The molecule has 0 bridgehead atoms. The highest BCUT2D eigenvalue weighted by molar-refractivity contribution is 5.76. The number of carbonyl (C=O) groups excluding carboxylic acids is 1. The molecule has 1 aliphatic carbocycles. The zero-order valence-electron chi connectivity index (χ0n) is 23.5. The molecule has 3 fully saturated rings. The summed E-state index contributed by atoms with van der Waals surface area (Å²) in [5.74, 6) is 1.54. The Bertz CT molecular complexity index is 1420. The number of methoxy groups -OCH3 is 1. The van der Waals surface area contributed by atoms with E-state index in [1.54, 1.807) is 12.0 Å². The first-order valence-electron chi connectivity index (χ1n) is 14.1. The Hall–Kier alpha value is -3.62. The molecule has 6 rings (SSSR count). The number of cyclic esters (lactones) is 1. The molecule has 40 heavy (non-hydrogen) atoms. The second-order valence-electron chi connectivity index (χ2n) is 11.5. The minimum absolute atomic E-state index is 0.0913. The molecule has 2 saturated heterocycles. The van der Waals surface area contributed by atoms with E-state index in [-0.39, 0.29) is 30.1 Å². The summed E-state index contributed by atoms with van der Waals surface area (Å²) in [5, 5.41) is 19.4. The van der Waals surface area contributed by atoms with Crippen molar-refractivity contribution in [3.05, 3.63) is 76.5 Å². The molecule has 2 N–H and O–H groups in total. The average molecular weight is 544 g/mol. The number of carbonyl (C=O) groups is 1. The fraction of sp³-hybridized carbons (Fsp3) is 0.438. The van der Waals surface area contributed by atoms with Crippen LogP contribution in [0.2, 0.25) is 0 Å². The van der Waals surface area contributed by atoms with Crippen LogP contribution in [-0.4, -0.2) is 58.7 Å². The predicted octanol–water partition coefficient (Wildman–Crippen LogP) is 5.08. The van der Waals surface area contributed by atoms with E-state index in [1.165, 1.54) is 0 Å². The van der Waals surface area contributed by atoms with Gasteiger partial charge in [0, 0.05) is 30.1 Å². The molecule has 1 saturated carbocycles. The van der Waals surface area contributed by atoms with Crippen LogP contribution in [0.25, 0.3) is 11.1 Å². The largest absolute Gasteiger partial charge is 0.496 e. The Balaban J connectivity index is 1.36. The van der Waals surface area contributed by atoms with Crippen molar-refractivity contribution in [1.82, 2.24) is 9.88 Å². The van der Waals surface area contributed by atoms with Crippen LogP contribution in [0.4, 0.5) is 10.6 Å². The van der Waals surface area contributed by atoms with E-state index in [4.69, 9.17) is 14.5 Å². The van der Waals surface area contributed by atoms with Gasteiger partial charge in [0.25, 0.3) is 0 Å². The summed E-state index contributed by atoms with van der Waals surface area (Å²) in [6, 6.07) is 16.2. The smallest absolute Gasteiger partial charge is 0.411 e. The van der Waals surface area contributed by atoms with Gasteiger partial charge in [0.05, 0.1) is 25.4 Å². The number of aryl methyl sites for hydroxylation is 2. The van der Waals surface area contributed by atoms with Gasteiger partial charge < -0.3 is 24.6 Å². The molecule has 0 unspecified atom stereocenters. The topological polar surface area (TPSA) is 95.4 Å². The molecule has 0 spiro atoms. The van der Waals surface area contributed by atoms with Gasteiger partial charge in [-0.15, -0.1) is 0 Å². The second kappa shape index (κ2) is 10.4. The molecular weight excluding hydrogens is 506 g/mol. The van der Waals surface area contributed by atoms with Gasteiger partial charge >= 0.3 is 6.09 Å². The number of hydrogen-bond donors (Lipinski definition) is 2. The average Bonchev–Trinajstić information content (AvgIpc) is 3.65. The number of rotatable bonds is 8. The number of amides is 1. The van der Waals surface area contributed by atoms with Gasteiger partial charge in [0.1, 0.15) is 17.7 Å². The quantitative estimate of drug-likeness (QED) is 0.383. The lowest BCUT2D eigenvalue weighted by Crippen LogP contribution is -2.38. The number of hydrogen-bond acceptors (Lipinski definition) is 7. The molecule has 1 aromatic heterocycles. The van der Waals surface area contributed by atoms with Crippen LogP contribution < -0.4 is 9.64 Å². The lowest BCUT2D eigenvalue weighted by molar-refractivity contribution is -0.0577. The molecule has 3 aliphatic rings. The van der Waals surface area contributed by atoms with E-state index >= 15 is 0 Å². The van der Waals surface area contributed by atoms with Crippen LogP contribution in [-0.2, 0) is 11.3 Å². The molecule has 3 aromatic rings. The van der Waals surface area contributed by atoms with E-state index < -0.39 is 6.29 Å². The summed E-state index contributed by atoms with van der Waals surface area (Å²) in [6.07, 6.45) is -0.156. The summed E-state index contributed by atoms with van der Waals surface area (Å²) < 4.78 is 11.7. The van der Waals surface area contributed by atoms with Gasteiger partial charge in [-0.2, -0.15) is 0 Å². The first-order chi connectivity index (χ1) is 19.2. The molecule has 2 aromatic carbocycles. The standard InChI is InChI=1S/C32H37N3O5/c1-18-12-19(2)14-22(13-18)30-20(3)35(32(38)40-30)17-27-23(7-9-29(33-27)34-10-5-11-34)25-15-21(6-8-28(25)39-4)24-16-26(24)31(36)37/h6-9,12-15,20,24,26,30-31,36-37H,5,10-11,16-17H2,1-4H3/t20-,24-,26+,30-/m0/s1. The van der Waals surface area contributed by atoms with Crippen molar-refractivity contribution in [2.45, 2.75) is 64.5 Å². The highest BCUT2D eigenvalue weighted by Gasteiger charge is 2.43. The van der Waals surface area contributed by atoms with Crippen molar-refractivity contribution >= 4 is 11.9 Å². The van der Waals surface area contributed by atoms with E-state index in [0.29, 0.717) is 12.3 Å². The first-order valence-corrected chi connectivity index (χ1v) is 14.1. The summed E-state index contributed by atoms with van der Waals surface area (Å²) in [7, 11) is 1.64. The van der Waals surface area contributed by atoms with Crippen molar-refractivity contribution in [3.63, 3.8) is 0 Å². The Morgan fingerprint density at radius 1 is 1.02 bits per heavy atom. The third kappa shape index (κ3) is 4.90. The number of aromatic nitrogens is 1. The molecule has 210 valence electrons. The molecule has 8 nitrogen and oxygen atoms in total. The number of aliphatic hydroxyl groups excluding tert-OH is 1. The van der Waals surface area contributed by atoms with E-state index in [0.717, 1.165) is 70.8 Å². The number of benzene rings is 2. The summed E-state index contributed by atoms with van der Waals surface area (Å²) >= 11 is 0. The number of nitrogens with zero attached hydrogens (tertiary/aromatic N) is 3. The summed E-state index contributed by atoms with van der Waals surface area (Å²) in [6.45, 7) is 8.37. The number of pyridine rings is 1. The van der Waals surface area contributed by atoms with E-state index in [1.807, 2.05) is 25.1 Å². The molecule has 3 heterocycles. The molecule has 1 amide bonds. The molecule has 8 heteroatoms. The van der Waals surface area contributed by atoms with Crippen molar-refractivity contribution < 1.29 is 24.5 Å². The minimum atomic E-state index is -1.32. The SMILES string of the molecule is COc1ccc([C@@H]2C[C@H]2C(O)O)cc1-c1ccc(N2CCC2)nc1CN1C(=O)O[C@H](c2cc(C)cc(C)c2)[C@@H]1C. The normalized spacial score (nSPS) is 23.8. The molecule has 2 aliphatic heterocycles. The van der Waals surface area contributed by atoms with Gasteiger partial charge in [0.15, 0.2) is 6.29 Å². The monoisotopic (exact) mass is 543 g/mol. The fourth-order valence-electron chi connectivity index (χ4n) is 6.17. The first kappa shape index (κ1) is 26.6. The maximum Gasteiger partial charge on any atom is 0.411 e. The van der Waals surface area contributed by atoms with E-state index in [2.05, 4.69) is 49.1 Å². The van der Waals surface area contributed by atoms with Crippen molar-refractivity contribution in [2.24, 2.45) is 5.92 Å². The zero-order chi connectivity index (χ0) is 28.1. The maximum absolute atomic E-state index is 13.2. The van der Waals surface area contributed by atoms with Crippen LogP contribution >= 0.6 is 0 Å². The number of ether oxygens (including phenoxy) is 2. The Kier molecular flexibility index (Phi) is 6.92. The molecule has 4 atom stereocenters. The predicted molar refractivity (Wildman–Crippen MR) is 152 cm³/mol.